The Kier molecular flexibility index (Phi) is 4.53. The van der Waals surface area contributed by atoms with Crippen LogP contribution in [0, 0.1) is 0 Å². The van der Waals surface area contributed by atoms with Gasteiger partial charge in [0.25, 0.3) is 5.91 Å². The summed E-state index contributed by atoms with van der Waals surface area (Å²) in [6, 6.07) is 6.92. The summed E-state index contributed by atoms with van der Waals surface area (Å²) in [6.45, 7) is 5.68. The number of nitrogens with zero attached hydrogens (tertiary/aromatic N) is 4. The number of hydrogen-bond acceptors (Lipinski definition) is 5. The minimum Gasteiger partial charge on any atom is -0.497 e. The fourth-order valence-corrected chi connectivity index (χ4v) is 2.92. The average molecular weight is 330 g/mol. The Morgan fingerprint density at radius 3 is 2.79 bits per heavy atom. The monoisotopic (exact) mass is 330 g/mol. The van der Waals surface area contributed by atoms with Crippen LogP contribution in [0.5, 0.6) is 5.75 Å². The van der Waals surface area contributed by atoms with Crippen molar-refractivity contribution in [2.45, 2.75) is 39.0 Å². The van der Waals surface area contributed by atoms with E-state index in [-0.39, 0.29) is 11.8 Å². The molecule has 0 radical (unpaired) electrons. The van der Waals surface area contributed by atoms with Gasteiger partial charge in [-0.25, -0.2) is 0 Å². The number of ether oxygens (including phenoxy) is 1. The summed E-state index contributed by atoms with van der Waals surface area (Å²) in [5.41, 5.74) is 0.522. The summed E-state index contributed by atoms with van der Waals surface area (Å²) in [7, 11) is 1.55. The SMILES string of the molecule is COc1cccc(C(O)C(=O)N2CCn3c(nnc3C(C)C)C2)c1. The maximum absolute atomic E-state index is 12.6. The Morgan fingerprint density at radius 2 is 2.08 bits per heavy atom. The minimum atomic E-state index is -1.21. The topological polar surface area (TPSA) is 80.5 Å². The summed E-state index contributed by atoms with van der Waals surface area (Å²) in [5.74, 6) is 2.26. The molecule has 0 saturated heterocycles. The maximum atomic E-state index is 12.6. The average Bonchev–Trinajstić information content (AvgIpc) is 3.03. The molecule has 0 bridgehead atoms. The molecule has 7 heteroatoms. The number of carbonyl (C=O) groups excluding carboxylic acids is 1. The van der Waals surface area contributed by atoms with Crippen molar-refractivity contribution in [3.63, 3.8) is 0 Å². The van der Waals surface area contributed by atoms with E-state index in [4.69, 9.17) is 4.74 Å². The molecular weight excluding hydrogens is 308 g/mol. The highest BCUT2D eigenvalue weighted by atomic mass is 16.5. The quantitative estimate of drug-likeness (QED) is 0.918. The second-order valence-electron chi connectivity index (χ2n) is 6.22. The molecule has 7 nitrogen and oxygen atoms in total. The lowest BCUT2D eigenvalue weighted by atomic mass is 10.1. The molecule has 1 atom stereocenters. The Labute approximate surface area is 140 Å². The fraction of sp³-hybridized carbons (Fsp3) is 0.471. The molecule has 1 aliphatic heterocycles. The van der Waals surface area contributed by atoms with Crippen molar-refractivity contribution in [1.82, 2.24) is 19.7 Å². The molecule has 128 valence electrons. The smallest absolute Gasteiger partial charge is 0.256 e. The molecule has 1 N–H and O–H groups in total. The molecule has 2 heterocycles. The summed E-state index contributed by atoms with van der Waals surface area (Å²) < 4.78 is 7.21. The van der Waals surface area contributed by atoms with Crippen LogP contribution in [-0.4, -0.2) is 44.3 Å². The number of aliphatic hydroxyl groups is 1. The zero-order valence-electron chi connectivity index (χ0n) is 14.1. The second kappa shape index (κ2) is 6.60. The third-order valence-electron chi connectivity index (χ3n) is 4.25. The summed E-state index contributed by atoms with van der Waals surface area (Å²) >= 11 is 0. The zero-order valence-corrected chi connectivity index (χ0v) is 14.1. The van der Waals surface area contributed by atoms with Crippen molar-refractivity contribution in [2.75, 3.05) is 13.7 Å². The normalized spacial score (nSPS) is 15.3. The van der Waals surface area contributed by atoms with E-state index in [1.165, 1.54) is 0 Å². The molecule has 1 aromatic carbocycles. The summed E-state index contributed by atoms with van der Waals surface area (Å²) in [6.07, 6.45) is -1.21. The largest absolute Gasteiger partial charge is 0.497 e. The van der Waals surface area contributed by atoms with Gasteiger partial charge in [0.2, 0.25) is 0 Å². The highest BCUT2D eigenvalue weighted by molar-refractivity contribution is 5.82. The number of methoxy groups -OCH3 is 1. The van der Waals surface area contributed by atoms with Gasteiger partial charge in [-0.15, -0.1) is 10.2 Å². The zero-order chi connectivity index (χ0) is 17.3. The molecule has 1 unspecified atom stereocenters. The van der Waals surface area contributed by atoms with Crippen molar-refractivity contribution in [3.8, 4) is 5.75 Å². The fourth-order valence-electron chi connectivity index (χ4n) is 2.92. The molecule has 1 aliphatic rings. The highest BCUT2D eigenvalue weighted by Gasteiger charge is 2.29. The molecule has 0 aliphatic carbocycles. The Balaban J connectivity index is 1.76. The van der Waals surface area contributed by atoms with E-state index in [1.54, 1.807) is 36.3 Å². The van der Waals surface area contributed by atoms with Gasteiger partial charge in [-0.1, -0.05) is 26.0 Å². The van der Waals surface area contributed by atoms with Gasteiger partial charge in [-0.2, -0.15) is 0 Å². The van der Waals surface area contributed by atoms with Gasteiger partial charge in [0.1, 0.15) is 11.6 Å². The van der Waals surface area contributed by atoms with Crippen LogP contribution < -0.4 is 4.74 Å². The van der Waals surface area contributed by atoms with Gasteiger partial charge in [-0.05, 0) is 17.7 Å². The van der Waals surface area contributed by atoms with E-state index in [1.807, 2.05) is 0 Å². The molecule has 0 saturated carbocycles. The molecule has 3 rings (SSSR count). The van der Waals surface area contributed by atoms with Crippen LogP contribution in [-0.2, 0) is 17.9 Å². The second-order valence-corrected chi connectivity index (χ2v) is 6.22. The molecule has 0 spiro atoms. The summed E-state index contributed by atoms with van der Waals surface area (Å²) in [4.78, 5) is 14.2. The minimum absolute atomic E-state index is 0.288. The first kappa shape index (κ1) is 16.4. The lowest BCUT2D eigenvalue weighted by Gasteiger charge is -2.30. The van der Waals surface area contributed by atoms with Crippen LogP contribution in [0.4, 0.5) is 0 Å². The van der Waals surface area contributed by atoms with Gasteiger partial charge in [0.05, 0.1) is 13.7 Å². The van der Waals surface area contributed by atoms with Crippen LogP contribution in [0.1, 0.15) is 43.1 Å². The van der Waals surface area contributed by atoms with Gasteiger partial charge in [0, 0.05) is 19.0 Å². The number of rotatable bonds is 4. The standard InChI is InChI=1S/C17H22N4O3/c1-11(2)16-19-18-14-10-20(7-8-21(14)16)17(23)15(22)12-5-4-6-13(9-12)24-3/h4-6,9,11,15,22H,7-8,10H2,1-3H3. The predicted octanol–water partition coefficient (Wildman–Crippen LogP) is 1.49. The van der Waals surface area contributed by atoms with Gasteiger partial charge in [0.15, 0.2) is 11.9 Å². The molecule has 0 fully saturated rings. The van der Waals surface area contributed by atoms with Gasteiger partial charge < -0.3 is 19.3 Å². The van der Waals surface area contributed by atoms with E-state index in [9.17, 15) is 9.90 Å². The Hall–Kier alpha value is -2.41. The van der Waals surface area contributed by atoms with Crippen molar-refractivity contribution in [1.29, 1.82) is 0 Å². The van der Waals surface area contributed by atoms with Crippen LogP contribution in [0.3, 0.4) is 0 Å². The van der Waals surface area contributed by atoms with Crippen LogP contribution in [0.15, 0.2) is 24.3 Å². The number of aromatic nitrogens is 3. The molecule has 1 aromatic heterocycles. The Morgan fingerprint density at radius 1 is 1.29 bits per heavy atom. The first-order valence-corrected chi connectivity index (χ1v) is 8.04. The predicted molar refractivity (Wildman–Crippen MR) is 87.5 cm³/mol. The number of aliphatic hydroxyl groups excluding tert-OH is 1. The maximum Gasteiger partial charge on any atom is 0.256 e. The first-order valence-electron chi connectivity index (χ1n) is 8.04. The number of hydrogen-bond donors (Lipinski definition) is 1. The van der Waals surface area contributed by atoms with Crippen molar-refractivity contribution < 1.29 is 14.6 Å². The molecule has 1 amide bonds. The third kappa shape index (κ3) is 2.99. The van der Waals surface area contributed by atoms with Crippen molar-refractivity contribution in [3.05, 3.63) is 41.5 Å². The molecule has 24 heavy (non-hydrogen) atoms. The van der Waals surface area contributed by atoms with Crippen LogP contribution >= 0.6 is 0 Å². The Bertz CT molecular complexity index is 741. The van der Waals surface area contributed by atoms with E-state index in [0.29, 0.717) is 30.9 Å². The number of carbonyl (C=O) groups is 1. The number of amides is 1. The molecule has 2 aromatic rings. The highest BCUT2D eigenvalue weighted by Crippen LogP contribution is 2.24. The first-order chi connectivity index (χ1) is 11.5. The molecular formula is C17H22N4O3. The summed E-state index contributed by atoms with van der Waals surface area (Å²) in [5, 5.41) is 18.8. The van der Waals surface area contributed by atoms with E-state index < -0.39 is 6.10 Å². The lowest BCUT2D eigenvalue weighted by Crippen LogP contribution is -2.41. The van der Waals surface area contributed by atoms with Crippen molar-refractivity contribution >= 4 is 5.91 Å². The van der Waals surface area contributed by atoms with E-state index >= 15 is 0 Å². The van der Waals surface area contributed by atoms with Gasteiger partial charge >= 0.3 is 0 Å². The van der Waals surface area contributed by atoms with E-state index in [2.05, 4.69) is 28.6 Å². The van der Waals surface area contributed by atoms with Crippen LogP contribution in [0.25, 0.3) is 0 Å². The van der Waals surface area contributed by atoms with Gasteiger partial charge in [-0.3, -0.25) is 4.79 Å². The third-order valence-corrected chi connectivity index (χ3v) is 4.25. The van der Waals surface area contributed by atoms with E-state index in [0.717, 1.165) is 11.6 Å². The number of fused-ring (bicyclic) bond motifs is 1. The lowest BCUT2D eigenvalue weighted by molar-refractivity contribution is -0.142. The van der Waals surface area contributed by atoms with Crippen LogP contribution in [0.2, 0.25) is 0 Å². The number of benzene rings is 1. The van der Waals surface area contributed by atoms with Crippen molar-refractivity contribution in [2.24, 2.45) is 0 Å².